The SMILES string of the molecule is CCCCCCCCCCCCCCCCCCCC(O)=[O+][S-]. The molecule has 0 atom stereocenters. The monoisotopic (exact) mass is 344 g/mol. The Morgan fingerprint density at radius 3 is 1.22 bits per heavy atom. The molecule has 0 aliphatic carbocycles. The van der Waals surface area contributed by atoms with Gasteiger partial charge in [-0.3, -0.25) is 0 Å². The van der Waals surface area contributed by atoms with Crippen LogP contribution in [0.1, 0.15) is 122 Å². The van der Waals surface area contributed by atoms with Crippen molar-refractivity contribution >= 4 is 18.9 Å². The summed E-state index contributed by atoms with van der Waals surface area (Å²) in [5, 5.41) is 9.07. The summed E-state index contributed by atoms with van der Waals surface area (Å²) in [6, 6.07) is 0. The largest absolute Gasteiger partial charge is 0.466 e. The second kappa shape index (κ2) is 19.7. The van der Waals surface area contributed by atoms with Gasteiger partial charge in [-0.2, -0.15) is 0 Å². The van der Waals surface area contributed by atoms with Crippen LogP contribution in [0.15, 0.2) is 0 Å². The molecule has 0 radical (unpaired) electrons. The van der Waals surface area contributed by atoms with Crippen LogP contribution in [0.2, 0.25) is 0 Å². The smallest absolute Gasteiger partial charge is 0.434 e. The predicted octanol–water partition coefficient (Wildman–Crippen LogP) is 7.11. The summed E-state index contributed by atoms with van der Waals surface area (Å²) in [6.07, 6.45) is 23.8. The van der Waals surface area contributed by atoms with Gasteiger partial charge in [-0.05, 0) is 6.42 Å². The van der Waals surface area contributed by atoms with Gasteiger partial charge in [-0.25, -0.2) is 0 Å². The Morgan fingerprint density at radius 2 is 0.913 bits per heavy atom. The fourth-order valence-electron chi connectivity index (χ4n) is 3.04. The summed E-state index contributed by atoms with van der Waals surface area (Å²) < 4.78 is 4.33. The summed E-state index contributed by atoms with van der Waals surface area (Å²) in [5.41, 5.74) is 0. The normalized spacial score (nSPS) is 12.0. The highest BCUT2D eigenvalue weighted by atomic mass is 32.1. The second-order valence-electron chi connectivity index (χ2n) is 6.88. The van der Waals surface area contributed by atoms with Crippen molar-refractivity contribution in [2.75, 3.05) is 0 Å². The zero-order chi connectivity index (χ0) is 17.0. The molecule has 0 aromatic rings. The molecule has 0 bridgehead atoms. The molecule has 0 unspecified atom stereocenters. The highest BCUT2D eigenvalue weighted by Gasteiger charge is 2.02. The van der Waals surface area contributed by atoms with E-state index in [1.165, 1.54) is 103 Å². The molecule has 23 heavy (non-hydrogen) atoms. The third kappa shape index (κ3) is 19.6. The van der Waals surface area contributed by atoms with Crippen molar-refractivity contribution in [3.8, 4) is 0 Å². The van der Waals surface area contributed by atoms with E-state index in [4.69, 9.17) is 5.11 Å². The lowest BCUT2D eigenvalue weighted by atomic mass is 10.0. The van der Waals surface area contributed by atoms with Gasteiger partial charge in [0, 0.05) is 0 Å². The Morgan fingerprint density at radius 1 is 0.609 bits per heavy atom. The Labute approximate surface area is 150 Å². The maximum absolute atomic E-state index is 9.07. The van der Waals surface area contributed by atoms with Crippen molar-refractivity contribution < 1.29 is 8.98 Å². The van der Waals surface area contributed by atoms with Crippen LogP contribution < -0.4 is 0 Å². The predicted molar refractivity (Wildman–Crippen MR) is 104 cm³/mol. The Hall–Kier alpha value is -0.310. The van der Waals surface area contributed by atoms with Gasteiger partial charge >= 0.3 is 5.97 Å². The lowest BCUT2D eigenvalue weighted by molar-refractivity contribution is -0.259. The number of rotatable bonds is 18. The van der Waals surface area contributed by atoms with E-state index in [-0.39, 0.29) is 5.97 Å². The molecule has 0 amide bonds. The van der Waals surface area contributed by atoms with Gasteiger partial charge in [0.05, 0.1) is 0 Å². The van der Waals surface area contributed by atoms with Crippen LogP contribution in [0.4, 0.5) is 0 Å². The lowest BCUT2D eigenvalue weighted by Gasteiger charge is -2.03. The minimum absolute atomic E-state index is 0.000888. The number of hydrogen-bond acceptors (Lipinski definition) is 1. The Kier molecular flexibility index (Phi) is 19.5. The minimum Gasteiger partial charge on any atom is -0.434 e. The van der Waals surface area contributed by atoms with E-state index in [9.17, 15) is 0 Å². The average molecular weight is 345 g/mol. The number of aliphatic carboxylic acids is 1. The first kappa shape index (κ1) is 22.7. The van der Waals surface area contributed by atoms with Gasteiger partial charge in [0.1, 0.15) is 6.42 Å². The molecule has 0 heterocycles. The maximum atomic E-state index is 9.07. The Bertz CT molecular complexity index is 254. The van der Waals surface area contributed by atoms with Crippen LogP contribution in [0.5, 0.6) is 0 Å². The zero-order valence-electron chi connectivity index (χ0n) is 15.5. The highest BCUT2D eigenvalue weighted by Crippen LogP contribution is 2.14. The second-order valence-corrected chi connectivity index (χ2v) is 7.05. The van der Waals surface area contributed by atoms with E-state index in [0.717, 1.165) is 6.42 Å². The summed E-state index contributed by atoms with van der Waals surface area (Å²) in [4.78, 5) is 0. The third-order valence-corrected chi connectivity index (χ3v) is 4.78. The fraction of sp³-hybridized carbons (Fsp3) is 0.950. The molecule has 0 rings (SSSR count). The molecule has 0 aliphatic rings. The van der Waals surface area contributed by atoms with Gasteiger partial charge in [0.25, 0.3) is 0 Å². The molecule has 0 saturated carbocycles. The van der Waals surface area contributed by atoms with Crippen molar-refractivity contribution in [2.45, 2.75) is 122 Å². The van der Waals surface area contributed by atoms with Gasteiger partial charge in [0.15, 0.2) is 0 Å². The van der Waals surface area contributed by atoms with Gasteiger partial charge in [-0.15, -0.1) is 0 Å². The topological polar surface area (TPSA) is 31.5 Å². The van der Waals surface area contributed by atoms with Crippen molar-refractivity contribution in [2.24, 2.45) is 0 Å². The average Bonchev–Trinajstić information content (AvgIpc) is 2.57. The molecular weight excluding hydrogens is 304 g/mol. The van der Waals surface area contributed by atoms with E-state index >= 15 is 0 Å². The van der Waals surface area contributed by atoms with Crippen LogP contribution in [0, 0.1) is 0 Å². The quantitative estimate of drug-likeness (QED) is 0.163. The Balaban J connectivity index is 3.00. The molecule has 1 N–H and O–H groups in total. The third-order valence-electron chi connectivity index (χ3n) is 4.59. The van der Waals surface area contributed by atoms with E-state index in [2.05, 4.69) is 23.7 Å². The summed E-state index contributed by atoms with van der Waals surface area (Å²) in [5.74, 6) is 0.000888. The van der Waals surface area contributed by atoms with Gasteiger partial charge in [-0.1, -0.05) is 110 Å². The van der Waals surface area contributed by atoms with E-state index in [1.54, 1.807) is 0 Å². The van der Waals surface area contributed by atoms with Crippen LogP contribution in [0.25, 0.3) is 0 Å². The van der Waals surface area contributed by atoms with Crippen LogP contribution >= 0.6 is 0 Å². The molecule has 2 nitrogen and oxygen atoms in total. The highest BCUT2D eigenvalue weighted by molar-refractivity contribution is 7.50. The summed E-state index contributed by atoms with van der Waals surface area (Å²) in [7, 11) is 0. The summed E-state index contributed by atoms with van der Waals surface area (Å²) in [6.45, 7) is 2.28. The fourth-order valence-corrected chi connectivity index (χ4v) is 3.13. The molecule has 0 spiro atoms. The van der Waals surface area contributed by atoms with Crippen molar-refractivity contribution in [3.05, 3.63) is 0 Å². The number of carboxylic acid groups (broad SMARTS) is 1. The maximum Gasteiger partial charge on any atom is 0.466 e. The van der Waals surface area contributed by atoms with Crippen LogP contribution in [-0.4, -0.2) is 11.1 Å². The lowest BCUT2D eigenvalue weighted by Crippen LogP contribution is -1.97. The van der Waals surface area contributed by atoms with Crippen molar-refractivity contribution in [3.63, 3.8) is 0 Å². The standard InChI is InChI=1S/C20H40O2S/c1-2-3-4-5-6-7-8-9-10-11-12-13-14-15-16-17-18-19-20(21)22-23/h21H,2-19H2,1H3. The number of hydrogen-bond donors (Lipinski definition) is 1. The van der Waals surface area contributed by atoms with Gasteiger partial charge in [0.2, 0.25) is 0 Å². The number of aliphatic hydroxyl groups excluding tert-OH is 1. The zero-order valence-corrected chi connectivity index (χ0v) is 16.3. The minimum atomic E-state index is 0.000888. The van der Waals surface area contributed by atoms with Crippen molar-refractivity contribution in [1.82, 2.24) is 0 Å². The van der Waals surface area contributed by atoms with Crippen LogP contribution in [0.3, 0.4) is 0 Å². The van der Waals surface area contributed by atoms with Gasteiger partial charge < -0.3 is 21.9 Å². The summed E-state index contributed by atoms with van der Waals surface area (Å²) >= 11 is 4.30. The molecule has 0 aliphatic heterocycles. The molecule has 138 valence electrons. The first-order valence-electron chi connectivity index (χ1n) is 10.2. The van der Waals surface area contributed by atoms with Crippen molar-refractivity contribution in [1.29, 1.82) is 0 Å². The first-order valence-corrected chi connectivity index (χ1v) is 10.5. The molecule has 0 aromatic carbocycles. The van der Waals surface area contributed by atoms with Crippen LogP contribution in [-0.2, 0) is 16.8 Å². The number of unbranched alkanes of at least 4 members (excludes halogenated alkanes) is 16. The number of carboxylic acids is 1. The van der Waals surface area contributed by atoms with E-state index in [0.29, 0.717) is 6.42 Å². The molecule has 0 aromatic heterocycles. The molecule has 3 heteroatoms. The molecular formula is C20H40O2S. The van der Waals surface area contributed by atoms with E-state index < -0.39 is 0 Å². The first-order chi connectivity index (χ1) is 11.3. The molecule has 0 fully saturated rings. The van der Waals surface area contributed by atoms with E-state index in [1.807, 2.05) is 0 Å². The molecule has 0 saturated heterocycles.